The average Bonchev–Trinajstić information content (AvgIpc) is 2.61. The number of aromatic nitrogens is 1. The van der Waals surface area contributed by atoms with Gasteiger partial charge in [-0.25, -0.2) is 9.78 Å². The van der Waals surface area contributed by atoms with E-state index in [1.807, 2.05) is 5.32 Å². The van der Waals surface area contributed by atoms with Crippen LogP contribution in [0.4, 0.5) is 19.0 Å². The van der Waals surface area contributed by atoms with Crippen LogP contribution in [0, 0.1) is 6.92 Å². The van der Waals surface area contributed by atoms with Gasteiger partial charge in [0.15, 0.2) is 0 Å². The summed E-state index contributed by atoms with van der Waals surface area (Å²) in [7, 11) is 0.791. The number of carbonyl (C=O) groups is 2. The number of alkyl halides is 3. The van der Waals surface area contributed by atoms with Crippen molar-refractivity contribution in [1.82, 2.24) is 10.3 Å². The molecule has 2 N–H and O–H groups in total. The van der Waals surface area contributed by atoms with E-state index in [9.17, 15) is 22.8 Å². The average molecular weight is 446 g/mol. The fourth-order valence-corrected chi connectivity index (χ4v) is 2.49. The quantitative estimate of drug-likeness (QED) is 0.544. The molecule has 0 fully saturated rings. The number of nitrogens with zero attached hydrogens (tertiary/aromatic N) is 1. The number of carbonyl (C=O) groups excluding carboxylic acids is 2. The zero-order valence-electron chi connectivity index (χ0n) is 14.2. The second kappa shape index (κ2) is 7.95. The smallest absolute Gasteiger partial charge is 0.441 e. The van der Waals surface area contributed by atoms with Crippen LogP contribution >= 0.6 is 15.9 Å². The summed E-state index contributed by atoms with van der Waals surface area (Å²) in [6.07, 6.45) is -3.99. The summed E-state index contributed by atoms with van der Waals surface area (Å²) in [5.74, 6) is -3.12. The summed E-state index contributed by atoms with van der Waals surface area (Å²) in [4.78, 5) is 28.4. The Labute approximate surface area is 161 Å². The highest BCUT2D eigenvalue weighted by Gasteiger charge is 2.63. The number of esters is 1. The van der Waals surface area contributed by atoms with Gasteiger partial charge in [-0.3, -0.25) is 4.79 Å². The molecule has 6 nitrogen and oxygen atoms in total. The number of hydrogen-bond donors (Lipinski definition) is 2. The number of aryl methyl sites for hydroxylation is 1. The van der Waals surface area contributed by atoms with Crippen molar-refractivity contribution in [2.45, 2.75) is 18.8 Å². The molecule has 1 aromatic heterocycles. The maximum Gasteiger partial charge on any atom is 0.441 e. The van der Waals surface area contributed by atoms with Crippen molar-refractivity contribution in [3.05, 3.63) is 58.2 Å². The highest BCUT2D eigenvalue weighted by atomic mass is 79.9. The maximum absolute atomic E-state index is 13.9. The highest BCUT2D eigenvalue weighted by Crippen LogP contribution is 2.33. The van der Waals surface area contributed by atoms with Crippen LogP contribution in [0.2, 0.25) is 0 Å². The number of hydrogen-bond acceptors (Lipinski definition) is 5. The van der Waals surface area contributed by atoms with Gasteiger partial charge in [-0.05, 0) is 46.6 Å². The molecule has 1 atom stereocenters. The number of rotatable bonds is 5. The standard InChI is InChI=1S/C17H15BrF3N3O3/c1-10-5-3-4-6-12(10)14(25)24-16(15(26)27-2,17(19,20)21)23-13-8-7-11(18)9-22-13/h3-9H,1-2H3,(H,22,23)(H,24,25)/t16-/m1/s1. The van der Waals surface area contributed by atoms with Crippen molar-refractivity contribution >= 4 is 33.6 Å². The molecule has 0 spiro atoms. The van der Waals surface area contributed by atoms with Crippen LogP contribution in [0.25, 0.3) is 0 Å². The van der Waals surface area contributed by atoms with E-state index in [-0.39, 0.29) is 11.4 Å². The van der Waals surface area contributed by atoms with Crippen molar-refractivity contribution in [2.24, 2.45) is 0 Å². The predicted octanol–water partition coefficient (Wildman–Crippen LogP) is 3.43. The lowest BCUT2D eigenvalue weighted by Gasteiger charge is -2.34. The van der Waals surface area contributed by atoms with Gasteiger partial charge in [0.2, 0.25) is 0 Å². The van der Waals surface area contributed by atoms with Gasteiger partial charge in [-0.2, -0.15) is 13.2 Å². The summed E-state index contributed by atoms with van der Waals surface area (Å²) in [5.41, 5.74) is -3.10. The van der Waals surface area contributed by atoms with Crippen LogP contribution in [-0.2, 0) is 9.53 Å². The van der Waals surface area contributed by atoms with E-state index in [0.717, 1.165) is 7.11 Å². The number of pyridine rings is 1. The van der Waals surface area contributed by atoms with Crippen LogP contribution in [0.15, 0.2) is 47.1 Å². The Morgan fingerprint density at radius 2 is 1.81 bits per heavy atom. The van der Waals surface area contributed by atoms with Crippen LogP contribution in [0.5, 0.6) is 0 Å². The first-order valence-electron chi connectivity index (χ1n) is 7.54. The van der Waals surface area contributed by atoms with Crippen molar-refractivity contribution in [3.63, 3.8) is 0 Å². The predicted molar refractivity (Wildman–Crippen MR) is 95.0 cm³/mol. The SMILES string of the molecule is COC(=O)[C@](NC(=O)c1ccccc1C)(Nc1ccc(Br)cn1)C(F)(F)F. The number of methoxy groups -OCH3 is 1. The maximum atomic E-state index is 13.9. The number of anilines is 1. The van der Waals surface area contributed by atoms with E-state index in [1.165, 1.54) is 30.5 Å². The van der Waals surface area contributed by atoms with E-state index in [1.54, 1.807) is 24.4 Å². The molecule has 0 unspecified atom stereocenters. The van der Waals surface area contributed by atoms with E-state index in [0.29, 0.717) is 10.0 Å². The first kappa shape index (κ1) is 20.7. The number of nitrogens with one attached hydrogen (secondary N) is 2. The zero-order chi connectivity index (χ0) is 20.2. The first-order valence-corrected chi connectivity index (χ1v) is 8.33. The normalized spacial score (nSPS) is 13.4. The number of halogens is 4. The molecule has 2 rings (SSSR count). The lowest BCUT2D eigenvalue weighted by molar-refractivity contribution is -0.203. The molecule has 0 bridgehead atoms. The first-order chi connectivity index (χ1) is 12.6. The number of ether oxygens (including phenoxy) is 1. The lowest BCUT2D eigenvalue weighted by Crippen LogP contribution is -2.69. The Bertz CT molecular complexity index is 843. The van der Waals surface area contributed by atoms with Crippen LogP contribution in [0.3, 0.4) is 0 Å². The minimum Gasteiger partial charge on any atom is -0.466 e. The van der Waals surface area contributed by atoms with Gasteiger partial charge in [-0.1, -0.05) is 18.2 Å². The fourth-order valence-electron chi connectivity index (χ4n) is 2.25. The Morgan fingerprint density at radius 1 is 1.15 bits per heavy atom. The minimum atomic E-state index is -5.23. The Kier molecular flexibility index (Phi) is 6.09. The molecular formula is C17H15BrF3N3O3. The Balaban J connectivity index is 2.50. The monoisotopic (exact) mass is 445 g/mol. The summed E-state index contributed by atoms with van der Waals surface area (Å²) >= 11 is 3.11. The lowest BCUT2D eigenvalue weighted by atomic mass is 10.1. The molecule has 1 aromatic carbocycles. The summed E-state index contributed by atoms with van der Waals surface area (Å²) in [5, 5.41) is 3.71. The molecule has 144 valence electrons. The number of amides is 1. The van der Waals surface area contributed by atoms with Crippen molar-refractivity contribution in [2.75, 3.05) is 12.4 Å². The summed E-state index contributed by atoms with van der Waals surface area (Å²) < 4.78 is 46.7. The molecule has 0 saturated heterocycles. The van der Waals surface area contributed by atoms with E-state index in [4.69, 9.17) is 0 Å². The minimum absolute atomic E-state index is 0.0133. The molecule has 0 aliphatic rings. The second-order valence-electron chi connectivity index (χ2n) is 5.50. The van der Waals surface area contributed by atoms with E-state index < -0.39 is 23.7 Å². The third-order valence-corrected chi connectivity index (χ3v) is 4.12. The molecule has 2 aromatic rings. The van der Waals surface area contributed by atoms with E-state index in [2.05, 4.69) is 25.7 Å². The largest absolute Gasteiger partial charge is 0.466 e. The Hall–Kier alpha value is -2.62. The molecule has 0 radical (unpaired) electrons. The molecule has 27 heavy (non-hydrogen) atoms. The third kappa shape index (κ3) is 4.38. The molecule has 0 aliphatic carbocycles. The number of benzene rings is 1. The van der Waals surface area contributed by atoms with Crippen LogP contribution in [-0.4, -0.2) is 35.8 Å². The van der Waals surface area contributed by atoms with Crippen molar-refractivity contribution in [3.8, 4) is 0 Å². The topological polar surface area (TPSA) is 80.3 Å². The molecular weight excluding hydrogens is 431 g/mol. The van der Waals surface area contributed by atoms with Crippen LogP contribution in [0.1, 0.15) is 15.9 Å². The molecule has 1 amide bonds. The van der Waals surface area contributed by atoms with Gasteiger partial charge < -0.3 is 15.4 Å². The fraction of sp³-hybridized carbons (Fsp3) is 0.235. The molecule has 0 aliphatic heterocycles. The molecule has 10 heteroatoms. The molecule has 1 heterocycles. The van der Waals surface area contributed by atoms with Gasteiger partial charge in [0, 0.05) is 16.2 Å². The van der Waals surface area contributed by atoms with Gasteiger partial charge >= 0.3 is 17.8 Å². The van der Waals surface area contributed by atoms with Gasteiger partial charge in [0.1, 0.15) is 5.82 Å². The third-order valence-electron chi connectivity index (χ3n) is 3.65. The van der Waals surface area contributed by atoms with Gasteiger partial charge in [0.05, 0.1) is 7.11 Å². The van der Waals surface area contributed by atoms with Crippen molar-refractivity contribution < 1.29 is 27.5 Å². The van der Waals surface area contributed by atoms with E-state index >= 15 is 0 Å². The van der Waals surface area contributed by atoms with Gasteiger partial charge in [0.25, 0.3) is 5.91 Å². The van der Waals surface area contributed by atoms with Crippen molar-refractivity contribution in [1.29, 1.82) is 0 Å². The molecule has 0 saturated carbocycles. The van der Waals surface area contributed by atoms with Crippen LogP contribution < -0.4 is 10.6 Å². The highest BCUT2D eigenvalue weighted by molar-refractivity contribution is 9.10. The summed E-state index contributed by atoms with van der Waals surface area (Å²) in [6, 6.07) is 8.68. The second-order valence-corrected chi connectivity index (χ2v) is 6.41. The Morgan fingerprint density at radius 3 is 2.33 bits per heavy atom. The zero-order valence-corrected chi connectivity index (χ0v) is 15.8. The van der Waals surface area contributed by atoms with Gasteiger partial charge in [-0.15, -0.1) is 0 Å². The summed E-state index contributed by atoms with van der Waals surface area (Å²) in [6.45, 7) is 1.56.